The predicted octanol–water partition coefficient (Wildman–Crippen LogP) is 3.16. The average Bonchev–Trinajstić information content (AvgIpc) is 3.07. The fraction of sp³-hybridized carbons (Fsp3) is 0.476. The number of nitrogens with zero attached hydrogens (tertiary/aromatic N) is 5. The number of benzene rings is 1. The lowest BCUT2D eigenvalue weighted by molar-refractivity contribution is 0.147. The van der Waals surface area contributed by atoms with Gasteiger partial charge in [0.1, 0.15) is 5.82 Å². The summed E-state index contributed by atoms with van der Waals surface area (Å²) in [7, 11) is 3.12. The summed E-state index contributed by atoms with van der Waals surface area (Å²) in [4.78, 5) is 32.6. The molecule has 1 saturated heterocycles. The molecule has 0 saturated carbocycles. The van der Waals surface area contributed by atoms with E-state index < -0.39 is 5.69 Å². The van der Waals surface area contributed by atoms with E-state index in [0.29, 0.717) is 40.3 Å². The van der Waals surface area contributed by atoms with Crippen LogP contribution in [0.2, 0.25) is 10.0 Å². The first-order valence-electron chi connectivity index (χ1n) is 10.1. The smallest absolute Gasteiger partial charge is 0.316 e. The molecule has 1 atom stereocenters. The lowest BCUT2D eigenvalue weighted by Crippen LogP contribution is -2.38. The van der Waals surface area contributed by atoms with E-state index in [1.165, 1.54) is 18.0 Å². The lowest BCUT2D eigenvalue weighted by atomic mass is 10.0. The van der Waals surface area contributed by atoms with Crippen molar-refractivity contribution in [2.75, 3.05) is 6.54 Å². The molecule has 2 aromatic heterocycles. The Morgan fingerprint density at radius 3 is 2.43 bits per heavy atom. The topological polar surface area (TPSA) is 65.1 Å². The highest BCUT2D eigenvalue weighted by Gasteiger charge is 2.25. The molecule has 3 aromatic rings. The second kappa shape index (κ2) is 8.21. The Balaban J connectivity index is 1.92. The molecule has 4 rings (SSSR count). The van der Waals surface area contributed by atoms with Crippen molar-refractivity contribution in [3.05, 3.63) is 60.5 Å². The van der Waals surface area contributed by atoms with Crippen LogP contribution in [-0.4, -0.2) is 36.2 Å². The van der Waals surface area contributed by atoms with Crippen LogP contribution in [0.15, 0.2) is 27.8 Å². The largest absolute Gasteiger partial charge is 0.332 e. The van der Waals surface area contributed by atoms with Gasteiger partial charge in [0.2, 0.25) is 0 Å². The Labute approximate surface area is 184 Å². The molecule has 1 aliphatic heterocycles. The van der Waals surface area contributed by atoms with Crippen molar-refractivity contribution >= 4 is 34.4 Å². The summed E-state index contributed by atoms with van der Waals surface area (Å²) in [6.45, 7) is 4.09. The standard InChI is InChI=1S/C21H25Cl2N5O2/c1-13-7-4-5-10-27(13)12-17-24-19-18(20(29)26(3)21(30)25(19)2)28(17)11-14-15(22)8-6-9-16(14)23/h6,8-9,13H,4-5,7,10-12H2,1-3H3/t13-/m1/s1. The Morgan fingerprint density at radius 1 is 1.07 bits per heavy atom. The maximum absolute atomic E-state index is 13.1. The van der Waals surface area contributed by atoms with E-state index in [9.17, 15) is 9.59 Å². The van der Waals surface area contributed by atoms with Crippen LogP contribution in [0.4, 0.5) is 0 Å². The number of aromatic nitrogens is 4. The molecule has 30 heavy (non-hydrogen) atoms. The number of halogens is 2. The third-order valence-electron chi connectivity index (χ3n) is 6.09. The van der Waals surface area contributed by atoms with Gasteiger partial charge in [-0.2, -0.15) is 0 Å². The van der Waals surface area contributed by atoms with Crippen LogP contribution in [0.1, 0.15) is 37.6 Å². The van der Waals surface area contributed by atoms with Crippen LogP contribution in [0.25, 0.3) is 11.2 Å². The van der Waals surface area contributed by atoms with Gasteiger partial charge in [0.15, 0.2) is 11.2 Å². The van der Waals surface area contributed by atoms with Gasteiger partial charge in [0.05, 0.1) is 13.1 Å². The number of hydrogen-bond donors (Lipinski definition) is 0. The van der Waals surface area contributed by atoms with Gasteiger partial charge >= 0.3 is 5.69 Å². The van der Waals surface area contributed by atoms with E-state index in [-0.39, 0.29) is 5.56 Å². The van der Waals surface area contributed by atoms with E-state index in [0.717, 1.165) is 35.3 Å². The molecule has 0 unspecified atom stereocenters. The van der Waals surface area contributed by atoms with Gasteiger partial charge in [-0.05, 0) is 38.4 Å². The Kier molecular flexibility index (Phi) is 5.79. The van der Waals surface area contributed by atoms with Gasteiger partial charge in [0, 0.05) is 35.7 Å². The maximum Gasteiger partial charge on any atom is 0.332 e. The highest BCUT2D eigenvalue weighted by Crippen LogP contribution is 2.27. The number of imidazole rings is 1. The summed E-state index contributed by atoms with van der Waals surface area (Å²) in [5.74, 6) is 0.730. The summed E-state index contributed by atoms with van der Waals surface area (Å²) < 4.78 is 4.40. The molecule has 7 nitrogen and oxygen atoms in total. The molecule has 0 N–H and O–H groups in total. The first-order chi connectivity index (χ1) is 14.3. The number of fused-ring (bicyclic) bond motifs is 1. The number of aryl methyl sites for hydroxylation is 1. The SMILES string of the molecule is C[C@@H]1CCCCN1Cc1nc2c(c(=O)n(C)c(=O)n2C)n1Cc1c(Cl)cccc1Cl. The van der Waals surface area contributed by atoms with Crippen molar-refractivity contribution in [3.8, 4) is 0 Å². The van der Waals surface area contributed by atoms with Gasteiger partial charge in [0.25, 0.3) is 5.56 Å². The molecular formula is C21H25Cl2N5O2. The zero-order chi connectivity index (χ0) is 21.6. The van der Waals surface area contributed by atoms with Crippen molar-refractivity contribution in [3.63, 3.8) is 0 Å². The van der Waals surface area contributed by atoms with Crippen LogP contribution in [-0.2, 0) is 27.2 Å². The number of likely N-dealkylation sites (tertiary alicyclic amines) is 1. The fourth-order valence-electron chi connectivity index (χ4n) is 4.20. The quantitative estimate of drug-likeness (QED) is 0.613. The highest BCUT2D eigenvalue weighted by molar-refractivity contribution is 6.36. The third-order valence-corrected chi connectivity index (χ3v) is 6.80. The second-order valence-corrected chi connectivity index (χ2v) is 8.82. The molecule has 3 heterocycles. The number of hydrogen-bond acceptors (Lipinski definition) is 4. The first kappa shape index (κ1) is 21.2. The Morgan fingerprint density at radius 2 is 1.77 bits per heavy atom. The second-order valence-electron chi connectivity index (χ2n) is 8.01. The van der Waals surface area contributed by atoms with Crippen molar-refractivity contribution < 1.29 is 0 Å². The molecule has 0 radical (unpaired) electrons. The predicted molar refractivity (Wildman–Crippen MR) is 120 cm³/mol. The van der Waals surface area contributed by atoms with Crippen LogP contribution < -0.4 is 11.2 Å². The number of rotatable bonds is 4. The third kappa shape index (κ3) is 3.59. The monoisotopic (exact) mass is 449 g/mol. The average molecular weight is 450 g/mol. The molecule has 0 bridgehead atoms. The summed E-state index contributed by atoms with van der Waals surface area (Å²) in [5.41, 5.74) is 0.720. The maximum atomic E-state index is 13.1. The van der Waals surface area contributed by atoms with Gasteiger partial charge in [-0.3, -0.25) is 18.8 Å². The van der Waals surface area contributed by atoms with Gasteiger partial charge in [-0.25, -0.2) is 9.78 Å². The molecular weight excluding hydrogens is 425 g/mol. The van der Waals surface area contributed by atoms with E-state index in [2.05, 4.69) is 11.8 Å². The minimum atomic E-state index is -0.397. The molecule has 1 aliphatic rings. The molecule has 0 aliphatic carbocycles. The Hall–Kier alpha value is -2.09. The van der Waals surface area contributed by atoms with Gasteiger partial charge in [-0.15, -0.1) is 0 Å². The van der Waals surface area contributed by atoms with Gasteiger partial charge < -0.3 is 4.57 Å². The summed E-state index contributed by atoms with van der Waals surface area (Å²) in [6, 6.07) is 5.78. The number of piperidine rings is 1. The van der Waals surface area contributed by atoms with Crippen LogP contribution in [0.3, 0.4) is 0 Å². The van der Waals surface area contributed by atoms with E-state index in [4.69, 9.17) is 28.2 Å². The molecule has 160 valence electrons. The van der Waals surface area contributed by atoms with Crippen molar-refractivity contribution in [1.29, 1.82) is 0 Å². The normalized spacial score (nSPS) is 17.7. The van der Waals surface area contributed by atoms with E-state index in [1.807, 2.05) is 4.57 Å². The summed E-state index contributed by atoms with van der Waals surface area (Å²) in [6.07, 6.45) is 3.50. The van der Waals surface area contributed by atoms with E-state index in [1.54, 1.807) is 25.2 Å². The Bertz CT molecular complexity index is 1210. The molecule has 9 heteroatoms. The highest BCUT2D eigenvalue weighted by atomic mass is 35.5. The van der Waals surface area contributed by atoms with Crippen molar-refractivity contribution in [2.24, 2.45) is 14.1 Å². The van der Waals surface area contributed by atoms with E-state index >= 15 is 0 Å². The molecule has 0 spiro atoms. The van der Waals surface area contributed by atoms with Crippen LogP contribution in [0, 0.1) is 0 Å². The minimum Gasteiger partial charge on any atom is -0.316 e. The van der Waals surface area contributed by atoms with Crippen LogP contribution >= 0.6 is 23.2 Å². The summed E-state index contributed by atoms with van der Waals surface area (Å²) in [5, 5.41) is 1.06. The van der Waals surface area contributed by atoms with Gasteiger partial charge in [-0.1, -0.05) is 35.7 Å². The fourth-order valence-corrected chi connectivity index (χ4v) is 4.72. The lowest BCUT2D eigenvalue weighted by Gasteiger charge is -2.33. The first-order valence-corrected chi connectivity index (χ1v) is 10.9. The zero-order valence-electron chi connectivity index (χ0n) is 17.4. The molecule has 1 aromatic carbocycles. The minimum absolute atomic E-state index is 0.306. The molecule has 1 fully saturated rings. The van der Waals surface area contributed by atoms with Crippen molar-refractivity contribution in [1.82, 2.24) is 23.6 Å². The summed E-state index contributed by atoms with van der Waals surface area (Å²) >= 11 is 12.9. The molecule has 0 amide bonds. The van der Waals surface area contributed by atoms with Crippen LogP contribution in [0.5, 0.6) is 0 Å². The zero-order valence-corrected chi connectivity index (χ0v) is 18.9. The van der Waals surface area contributed by atoms with Crippen molar-refractivity contribution in [2.45, 2.75) is 45.3 Å².